The summed E-state index contributed by atoms with van der Waals surface area (Å²) in [6.45, 7) is 0.388. The van der Waals surface area contributed by atoms with E-state index in [1.165, 1.54) is 13.2 Å². The number of halogens is 1. The Labute approximate surface area is 106 Å². The van der Waals surface area contributed by atoms with Crippen LogP contribution >= 0.6 is 11.6 Å². The topological polar surface area (TPSA) is 67.4 Å². The molecule has 96 valence electrons. The van der Waals surface area contributed by atoms with E-state index in [4.69, 9.17) is 16.3 Å². The van der Waals surface area contributed by atoms with Crippen LogP contribution in [0.3, 0.4) is 0 Å². The van der Waals surface area contributed by atoms with Crippen molar-refractivity contribution in [2.75, 3.05) is 31.2 Å². The maximum atomic E-state index is 11.6. The predicted molar refractivity (Wildman–Crippen MR) is 69.3 cm³/mol. The summed E-state index contributed by atoms with van der Waals surface area (Å²) in [4.78, 5) is 0. The van der Waals surface area contributed by atoms with Gasteiger partial charge in [0.1, 0.15) is 5.75 Å². The molecule has 2 N–H and O–H groups in total. The molecule has 0 aliphatic rings. The lowest BCUT2D eigenvalue weighted by atomic mass is 10.3. The summed E-state index contributed by atoms with van der Waals surface area (Å²) < 4.78 is 30.6. The van der Waals surface area contributed by atoms with Crippen molar-refractivity contribution < 1.29 is 13.2 Å². The molecule has 0 aliphatic carbocycles. The van der Waals surface area contributed by atoms with Gasteiger partial charge in [-0.2, -0.15) is 0 Å². The van der Waals surface area contributed by atoms with Gasteiger partial charge in [0.15, 0.2) is 0 Å². The van der Waals surface area contributed by atoms with Gasteiger partial charge in [0.05, 0.1) is 23.6 Å². The first-order valence-corrected chi connectivity index (χ1v) is 7.00. The lowest BCUT2D eigenvalue weighted by molar-refractivity contribution is 0.415. The molecule has 0 bridgehead atoms. The summed E-state index contributed by atoms with van der Waals surface area (Å²) in [5, 5.41) is 3.14. The fraction of sp³-hybridized carbons (Fsp3) is 0.400. The van der Waals surface area contributed by atoms with Crippen LogP contribution in [0.15, 0.2) is 18.2 Å². The summed E-state index contributed by atoms with van der Waals surface area (Å²) in [7, 11) is -0.153. The molecule has 0 atom stereocenters. The molecule has 5 nitrogen and oxygen atoms in total. The average Bonchev–Trinajstić information content (AvgIpc) is 2.26. The van der Waals surface area contributed by atoms with Crippen LogP contribution in [0, 0.1) is 0 Å². The van der Waals surface area contributed by atoms with Gasteiger partial charge >= 0.3 is 0 Å². The van der Waals surface area contributed by atoms with Gasteiger partial charge in [0, 0.05) is 6.54 Å². The lowest BCUT2D eigenvalue weighted by Gasteiger charge is -2.09. The highest BCUT2D eigenvalue weighted by molar-refractivity contribution is 7.92. The maximum absolute atomic E-state index is 11.6. The average molecular weight is 279 g/mol. The third-order valence-corrected chi connectivity index (χ3v) is 3.63. The summed E-state index contributed by atoms with van der Waals surface area (Å²) in [5.74, 6) is 0.512. The number of nitrogens with one attached hydrogen (secondary N) is 2. The van der Waals surface area contributed by atoms with E-state index in [0.717, 1.165) is 0 Å². The number of benzene rings is 1. The number of rotatable bonds is 6. The zero-order valence-electron chi connectivity index (χ0n) is 9.66. The molecule has 1 rings (SSSR count). The molecule has 0 aliphatic heterocycles. The van der Waals surface area contributed by atoms with Crippen molar-refractivity contribution in [3.8, 4) is 5.75 Å². The summed E-state index contributed by atoms with van der Waals surface area (Å²) in [5.41, 5.74) is 0.423. The standard InChI is InChI=1S/C10H15ClN2O3S/c1-12-5-6-17(14,15)13-8-3-4-10(16-2)9(11)7-8/h3-4,7,12-13H,5-6H2,1-2H3. The van der Waals surface area contributed by atoms with E-state index >= 15 is 0 Å². The molecule has 0 spiro atoms. The molecule has 0 saturated carbocycles. The van der Waals surface area contributed by atoms with Crippen molar-refractivity contribution in [1.29, 1.82) is 0 Å². The number of anilines is 1. The van der Waals surface area contributed by atoms with Crippen LogP contribution < -0.4 is 14.8 Å². The Morgan fingerprint density at radius 2 is 2.12 bits per heavy atom. The van der Waals surface area contributed by atoms with Crippen molar-refractivity contribution in [1.82, 2.24) is 5.32 Å². The van der Waals surface area contributed by atoms with Crippen molar-refractivity contribution in [3.05, 3.63) is 23.2 Å². The van der Waals surface area contributed by atoms with Crippen LogP contribution in [0.4, 0.5) is 5.69 Å². The van der Waals surface area contributed by atoms with Crippen molar-refractivity contribution in [2.45, 2.75) is 0 Å². The van der Waals surface area contributed by atoms with Crippen LogP contribution in [0.1, 0.15) is 0 Å². The van der Waals surface area contributed by atoms with Crippen LogP contribution in [-0.2, 0) is 10.0 Å². The van der Waals surface area contributed by atoms with E-state index in [2.05, 4.69) is 10.0 Å². The minimum absolute atomic E-state index is 0.00709. The molecule has 0 unspecified atom stereocenters. The van der Waals surface area contributed by atoms with Crippen LogP contribution in [-0.4, -0.2) is 34.9 Å². The zero-order chi connectivity index (χ0) is 12.9. The van der Waals surface area contributed by atoms with Gasteiger partial charge in [0.2, 0.25) is 10.0 Å². The smallest absolute Gasteiger partial charge is 0.233 e. The normalized spacial score (nSPS) is 11.2. The van der Waals surface area contributed by atoms with Gasteiger partial charge in [-0.3, -0.25) is 4.72 Å². The highest BCUT2D eigenvalue weighted by Gasteiger charge is 2.10. The number of ether oxygens (including phenoxy) is 1. The first-order valence-electron chi connectivity index (χ1n) is 4.97. The molecule has 0 radical (unpaired) electrons. The van der Waals surface area contributed by atoms with Crippen molar-refractivity contribution in [2.24, 2.45) is 0 Å². The SMILES string of the molecule is CNCCS(=O)(=O)Nc1ccc(OC)c(Cl)c1. The number of hydrogen-bond donors (Lipinski definition) is 2. The summed E-state index contributed by atoms with van der Waals surface area (Å²) in [6, 6.07) is 4.72. The fourth-order valence-electron chi connectivity index (χ4n) is 1.20. The molecule has 0 saturated heterocycles. The van der Waals surface area contributed by atoms with Crippen molar-refractivity contribution >= 4 is 27.3 Å². The Bertz CT molecular complexity index is 476. The molecule has 7 heteroatoms. The van der Waals surface area contributed by atoms with Gasteiger partial charge in [-0.1, -0.05) is 11.6 Å². The largest absolute Gasteiger partial charge is 0.495 e. The molecule has 0 aromatic heterocycles. The first kappa shape index (κ1) is 14.1. The van der Waals surface area contributed by atoms with Crippen LogP contribution in [0.5, 0.6) is 5.75 Å². The number of hydrogen-bond acceptors (Lipinski definition) is 4. The van der Waals surface area contributed by atoms with Gasteiger partial charge in [-0.15, -0.1) is 0 Å². The second-order valence-electron chi connectivity index (χ2n) is 3.37. The Kier molecular flexibility index (Phi) is 5.04. The van der Waals surface area contributed by atoms with Gasteiger partial charge in [0.25, 0.3) is 0 Å². The minimum Gasteiger partial charge on any atom is -0.495 e. The molecule has 1 aromatic rings. The Morgan fingerprint density at radius 3 is 2.65 bits per heavy atom. The molecule has 0 fully saturated rings. The Morgan fingerprint density at radius 1 is 1.41 bits per heavy atom. The molecule has 0 heterocycles. The van der Waals surface area contributed by atoms with Gasteiger partial charge in [-0.05, 0) is 25.2 Å². The van der Waals surface area contributed by atoms with Crippen LogP contribution in [0.2, 0.25) is 5.02 Å². The minimum atomic E-state index is -3.35. The fourth-order valence-corrected chi connectivity index (χ4v) is 2.52. The Balaban J connectivity index is 2.78. The zero-order valence-corrected chi connectivity index (χ0v) is 11.2. The second-order valence-corrected chi connectivity index (χ2v) is 5.62. The number of sulfonamides is 1. The van der Waals surface area contributed by atoms with E-state index in [0.29, 0.717) is 23.0 Å². The molecular formula is C10H15ClN2O3S. The number of methoxy groups -OCH3 is 1. The molecule has 0 amide bonds. The van der Waals surface area contributed by atoms with E-state index in [1.54, 1.807) is 19.2 Å². The van der Waals surface area contributed by atoms with Crippen molar-refractivity contribution in [3.63, 3.8) is 0 Å². The maximum Gasteiger partial charge on any atom is 0.233 e. The molecular weight excluding hydrogens is 264 g/mol. The lowest BCUT2D eigenvalue weighted by Crippen LogP contribution is -2.24. The Hall–Kier alpha value is -0.980. The van der Waals surface area contributed by atoms with E-state index in [9.17, 15) is 8.42 Å². The monoisotopic (exact) mass is 278 g/mol. The van der Waals surface area contributed by atoms with Gasteiger partial charge in [-0.25, -0.2) is 8.42 Å². The third-order valence-electron chi connectivity index (χ3n) is 2.05. The predicted octanol–water partition coefficient (Wildman–Crippen LogP) is 1.31. The quantitative estimate of drug-likeness (QED) is 0.823. The summed E-state index contributed by atoms with van der Waals surface area (Å²) in [6.07, 6.45) is 0. The van der Waals surface area contributed by atoms with E-state index in [1.807, 2.05) is 0 Å². The highest BCUT2D eigenvalue weighted by atomic mass is 35.5. The third kappa shape index (κ3) is 4.41. The molecule has 17 heavy (non-hydrogen) atoms. The molecule has 1 aromatic carbocycles. The van der Waals surface area contributed by atoms with Crippen LogP contribution in [0.25, 0.3) is 0 Å². The first-order chi connectivity index (χ1) is 7.98. The highest BCUT2D eigenvalue weighted by Crippen LogP contribution is 2.27. The van der Waals surface area contributed by atoms with Gasteiger partial charge < -0.3 is 10.1 Å². The van der Waals surface area contributed by atoms with E-state index in [-0.39, 0.29) is 5.75 Å². The summed E-state index contributed by atoms with van der Waals surface area (Å²) >= 11 is 5.89. The van der Waals surface area contributed by atoms with E-state index < -0.39 is 10.0 Å². The second kappa shape index (κ2) is 6.09.